The van der Waals surface area contributed by atoms with E-state index < -0.39 is 5.79 Å². The van der Waals surface area contributed by atoms with Crippen molar-refractivity contribution in [2.24, 2.45) is 0 Å². The standard InChI is InChI=1S/C21H28O6/c1-7-17(22-3)19(24-5)13-15(2)21(26-11-8-12-27-21)16-9-10-18(23-4)20(14-16)25-6/h7,9-10,13-14H,2,8,11-12H2,1,3-6H3/b17-7+,19-13+. The highest BCUT2D eigenvalue weighted by Gasteiger charge is 2.40. The minimum absolute atomic E-state index is 0.530. The van der Waals surface area contributed by atoms with Crippen molar-refractivity contribution in [3.63, 3.8) is 0 Å². The molecule has 0 bridgehead atoms. The molecule has 0 unspecified atom stereocenters. The topological polar surface area (TPSA) is 55.4 Å². The van der Waals surface area contributed by atoms with Crippen LogP contribution in [0.3, 0.4) is 0 Å². The fraction of sp³-hybridized carbons (Fsp3) is 0.429. The van der Waals surface area contributed by atoms with Crippen LogP contribution in [0.2, 0.25) is 0 Å². The molecule has 0 spiro atoms. The molecule has 1 aromatic carbocycles. The molecule has 0 amide bonds. The molecule has 2 rings (SSSR count). The van der Waals surface area contributed by atoms with Crippen LogP contribution in [0.25, 0.3) is 0 Å². The summed E-state index contributed by atoms with van der Waals surface area (Å²) in [6.45, 7) is 7.16. The zero-order valence-corrected chi connectivity index (χ0v) is 16.7. The molecular formula is C21H28O6. The maximum Gasteiger partial charge on any atom is 0.222 e. The molecule has 1 heterocycles. The molecule has 1 aliphatic heterocycles. The minimum atomic E-state index is -1.14. The summed E-state index contributed by atoms with van der Waals surface area (Å²) in [6, 6.07) is 5.53. The van der Waals surface area contributed by atoms with E-state index in [1.807, 2.05) is 31.2 Å². The molecule has 1 fully saturated rings. The van der Waals surface area contributed by atoms with Crippen LogP contribution in [0.4, 0.5) is 0 Å². The van der Waals surface area contributed by atoms with Crippen molar-refractivity contribution in [1.29, 1.82) is 0 Å². The molecule has 1 aliphatic rings. The molecule has 0 aromatic heterocycles. The minimum Gasteiger partial charge on any atom is -0.493 e. The summed E-state index contributed by atoms with van der Waals surface area (Å²) in [5.74, 6) is 1.19. The van der Waals surface area contributed by atoms with Crippen LogP contribution in [0.15, 0.2) is 54.0 Å². The van der Waals surface area contributed by atoms with Crippen LogP contribution in [-0.2, 0) is 24.7 Å². The maximum atomic E-state index is 6.10. The van der Waals surface area contributed by atoms with Crippen molar-refractivity contribution in [3.8, 4) is 11.5 Å². The van der Waals surface area contributed by atoms with Gasteiger partial charge in [-0.2, -0.15) is 0 Å². The Morgan fingerprint density at radius 2 is 1.63 bits per heavy atom. The van der Waals surface area contributed by atoms with Crippen molar-refractivity contribution in [3.05, 3.63) is 59.6 Å². The van der Waals surface area contributed by atoms with Crippen LogP contribution in [0.5, 0.6) is 11.5 Å². The maximum absolute atomic E-state index is 6.10. The molecule has 0 aliphatic carbocycles. The zero-order chi connectivity index (χ0) is 19.9. The van der Waals surface area contributed by atoms with Gasteiger partial charge >= 0.3 is 0 Å². The first-order valence-electron chi connectivity index (χ1n) is 8.72. The predicted molar refractivity (Wildman–Crippen MR) is 103 cm³/mol. The van der Waals surface area contributed by atoms with Crippen molar-refractivity contribution in [1.82, 2.24) is 0 Å². The summed E-state index contributed by atoms with van der Waals surface area (Å²) in [5, 5.41) is 0. The third-order valence-corrected chi connectivity index (χ3v) is 4.34. The second kappa shape index (κ2) is 9.48. The molecule has 6 nitrogen and oxygen atoms in total. The van der Waals surface area contributed by atoms with Crippen LogP contribution >= 0.6 is 0 Å². The Hall–Kier alpha value is -2.44. The molecule has 148 valence electrons. The lowest BCUT2D eigenvalue weighted by atomic mass is 9.95. The van der Waals surface area contributed by atoms with E-state index in [1.54, 1.807) is 34.5 Å². The lowest BCUT2D eigenvalue weighted by Crippen LogP contribution is -2.39. The van der Waals surface area contributed by atoms with Gasteiger partial charge in [0.05, 0.1) is 41.7 Å². The largest absolute Gasteiger partial charge is 0.493 e. The van der Waals surface area contributed by atoms with Gasteiger partial charge in [0.25, 0.3) is 0 Å². The number of methoxy groups -OCH3 is 4. The van der Waals surface area contributed by atoms with Crippen molar-refractivity contribution in [2.75, 3.05) is 41.7 Å². The van der Waals surface area contributed by atoms with E-state index in [-0.39, 0.29) is 0 Å². The van der Waals surface area contributed by atoms with Gasteiger partial charge < -0.3 is 28.4 Å². The normalized spacial score (nSPS) is 17.2. The van der Waals surface area contributed by atoms with Crippen molar-refractivity contribution < 1.29 is 28.4 Å². The molecule has 6 heteroatoms. The number of allylic oxidation sites excluding steroid dienone is 1. The number of rotatable bonds is 8. The number of benzene rings is 1. The van der Waals surface area contributed by atoms with Gasteiger partial charge in [0.1, 0.15) is 0 Å². The van der Waals surface area contributed by atoms with Gasteiger partial charge in [-0.15, -0.1) is 0 Å². The Labute approximate surface area is 161 Å². The quantitative estimate of drug-likeness (QED) is 0.506. The van der Waals surface area contributed by atoms with E-state index in [0.717, 1.165) is 12.0 Å². The molecule has 0 radical (unpaired) electrons. The number of hydrogen-bond donors (Lipinski definition) is 0. The van der Waals surface area contributed by atoms with Crippen LogP contribution < -0.4 is 9.47 Å². The summed E-state index contributed by atoms with van der Waals surface area (Å²) in [5.41, 5.74) is 1.35. The molecule has 0 atom stereocenters. The summed E-state index contributed by atoms with van der Waals surface area (Å²) in [6.07, 6.45) is 4.39. The summed E-state index contributed by atoms with van der Waals surface area (Å²) >= 11 is 0. The fourth-order valence-electron chi connectivity index (χ4n) is 2.96. The zero-order valence-electron chi connectivity index (χ0n) is 16.7. The van der Waals surface area contributed by atoms with Gasteiger partial charge in [-0.25, -0.2) is 0 Å². The second-order valence-corrected chi connectivity index (χ2v) is 5.83. The average molecular weight is 376 g/mol. The summed E-state index contributed by atoms with van der Waals surface area (Å²) in [4.78, 5) is 0. The van der Waals surface area contributed by atoms with E-state index in [2.05, 4.69) is 6.58 Å². The fourth-order valence-corrected chi connectivity index (χ4v) is 2.96. The molecule has 1 aromatic rings. The van der Waals surface area contributed by atoms with Crippen molar-refractivity contribution >= 4 is 0 Å². The van der Waals surface area contributed by atoms with E-state index in [4.69, 9.17) is 28.4 Å². The van der Waals surface area contributed by atoms with E-state index in [0.29, 0.717) is 41.8 Å². The Balaban J connectivity index is 2.52. The van der Waals surface area contributed by atoms with Crippen molar-refractivity contribution in [2.45, 2.75) is 19.1 Å². The Morgan fingerprint density at radius 3 is 2.15 bits per heavy atom. The third kappa shape index (κ3) is 4.28. The van der Waals surface area contributed by atoms with E-state index in [9.17, 15) is 0 Å². The molecular weight excluding hydrogens is 348 g/mol. The van der Waals surface area contributed by atoms with Gasteiger partial charge in [0.2, 0.25) is 5.79 Å². The van der Waals surface area contributed by atoms with Gasteiger partial charge in [-0.3, -0.25) is 0 Å². The Kier molecular flexibility index (Phi) is 7.33. The van der Waals surface area contributed by atoms with Gasteiger partial charge in [-0.05, 0) is 43.7 Å². The first-order valence-corrected chi connectivity index (χ1v) is 8.72. The summed E-state index contributed by atoms with van der Waals surface area (Å²) < 4.78 is 33.8. The first kappa shape index (κ1) is 20.9. The molecule has 1 saturated heterocycles. The average Bonchev–Trinajstić information content (AvgIpc) is 2.73. The Morgan fingerprint density at radius 1 is 1.00 bits per heavy atom. The molecule has 0 N–H and O–H groups in total. The summed E-state index contributed by atoms with van der Waals surface area (Å²) in [7, 11) is 6.35. The van der Waals surface area contributed by atoms with Gasteiger partial charge in [-0.1, -0.05) is 6.58 Å². The van der Waals surface area contributed by atoms with Crippen LogP contribution in [0, 0.1) is 0 Å². The highest BCUT2D eigenvalue weighted by atomic mass is 16.7. The second-order valence-electron chi connectivity index (χ2n) is 5.83. The third-order valence-electron chi connectivity index (χ3n) is 4.34. The predicted octanol–water partition coefficient (Wildman–Crippen LogP) is 3.93. The monoisotopic (exact) mass is 376 g/mol. The smallest absolute Gasteiger partial charge is 0.222 e. The lowest BCUT2D eigenvalue weighted by molar-refractivity contribution is -0.249. The first-order chi connectivity index (χ1) is 13.1. The Bertz CT molecular complexity index is 713. The van der Waals surface area contributed by atoms with E-state index in [1.165, 1.54) is 0 Å². The SMILES string of the molecule is C=C(/C=C(OC)\C(=C/C)OC)C1(c2ccc(OC)c(OC)c2)OCCCO1. The van der Waals surface area contributed by atoms with E-state index >= 15 is 0 Å². The van der Waals surface area contributed by atoms with Crippen LogP contribution in [-0.4, -0.2) is 41.7 Å². The highest BCUT2D eigenvalue weighted by Crippen LogP contribution is 2.41. The highest BCUT2D eigenvalue weighted by molar-refractivity contribution is 5.47. The van der Waals surface area contributed by atoms with Gasteiger partial charge in [0, 0.05) is 11.1 Å². The molecule has 27 heavy (non-hydrogen) atoms. The van der Waals surface area contributed by atoms with Gasteiger partial charge in [0.15, 0.2) is 23.0 Å². The number of ether oxygens (including phenoxy) is 6. The lowest BCUT2D eigenvalue weighted by Gasteiger charge is -2.38. The number of hydrogen-bond acceptors (Lipinski definition) is 6. The van der Waals surface area contributed by atoms with Crippen LogP contribution in [0.1, 0.15) is 18.9 Å². The molecule has 0 saturated carbocycles.